The van der Waals surface area contributed by atoms with Crippen molar-refractivity contribution in [3.63, 3.8) is 0 Å². The topological polar surface area (TPSA) is 121 Å². The van der Waals surface area contributed by atoms with Crippen molar-refractivity contribution >= 4 is 40.5 Å². The summed E-state index contributed by atoms with van der Waals surface area (Å²) < 4.78 is 10.3. The van der Waals surface area contributed by atoms with Crippen LogP contribution in [-0.4, -0.2) is 51.7 Å². The van der Waals surface area contributed by atoms with Gasteiger partial charge in [-0.05, 0) is 43.3 Å². The number of hydrazone groups is 1. The summed E-state index contributed by atoms with van der Waals surface area (Å²) in [6.45, 7) is 1.57. The number of nitrogens with one attached hydrogen (secondary N) is 3. The van der Waals surface area contributed by atoms with Crippen molar-refractivity contribution in [1.82, 2.24) is 5.43 Å². The summed E-state index contributed by atoms with van der Waals surface area (Å²) >= 11 is 0. The minimum absolute atomic E-state index is 0.0520. The number of hydrogen-bond donors (Lipinski definition) is 3. The molecule has 0 heterocycles. The quantitative estimate of drug-likeness (QED) is 0.328. The minimum Gasteiger partial charge on any atom is -0.497 e. The van der Waals surface area contributed by atoms with E-state index in [1.54, 1.807) is 37.3 Å². The van der Waals surface area contributed by atoms with Gasteiger partial charge in [-0.3, -0.25) is 14.4 Å². The number of benzene rings is 2. The monoisotopic (exact) mass is 441 g/mol. The van der Waals surface area contributed by atoms with E-state index in [2.05, 4.69) is 21.2 Å². The van der Waals surface area contributed by atoms with Crippen LogP contribution in [0.25, 0.3) is 0 Å². The van der Waals surface area contributed by atoms with Gasteiger partial charge < -0.3 is 25.0 Å². The second-order valence-electron chi connectivity index (χ2n) is 6.97. The highest BCUT2D eigenvalue weighted by atomic mass is 16.5. The molecule has 0 radical (unpaired) electrons. The summed E-state index contributed by atoms with van der Waals surface area (Å²) in [4.78, 5) is 38.3. The molecule has 0 bridgehead atoms. The molecule has 0 aromatic heterocycles. The number of carbonyl (C=O) groups excluding carboxylic acids is 3. The highest BCUT2D eigenvalue weighted by molar-refractivity contribution is 6.39. The fourth-order valence-corrected chi connectivity index (χ4v) is 2.60. The Bertz CT molecular complexity index is 1000. The van der Waals surface area contributed by atoms with Gasteiger partial charge in [0, 0.05) is 37.2 Å². The Hall–Kier alpha value is -4.08. The predicted octanol–water partition coefficient (Wildman–Crippen LogP) is 2.23. The zero-order chi connectivity index (χ0) is 23.7. The molecule has 2 aromatic rings. The first kappa shape index (κ1) is 24.2. The lowest BCUT2D eigenvalue weighted by Crippen LogP contribution is -2.33. The SMILES string of the molecule is COc1ccc(NC(=O)C(=O)NN=C(C)CC(=O)Nc2ccc(N(C)C)cc2)c(OC)c1. The van der Waals surface area contributed by atoms with Gasteiger partial charge >= 0.3 is 11.8 Å². The first-order chi connectivity index (χ1) is 15.2. The number of methoxy groups -OCH3 is 2. The molecule has 0 fully saturated rings. The Morgan fingerprint density at radius 1 is 0.938 bits per heavy atom. The molecule has 0 aliphatic rings. The van der Waals surface area contributed by atoms with Gasteiger partial charge in [0.2, 0.25) is 5.91 Å². The van der Waals surface area contributed by atoms with Crippen LogP contribution in [0.4, 0.5) is 17.1 Å². The molecular weight excluding hydrogens is 414 g/mol. The lowest BCUT2D eigenvalue weighted by Gasteiger charge is -2.13. The smallest absolute Gasteiger partial charge is 0.329 e. The molecule has 2 aromatic carbocycles. The third-order valence-electron chi connectivity index (χ3n) is 4.30. The number of rotatable bonds is 8. The number of carbonyl (C=O) groups is 3. The van der Waals surface area contributed by atoms with Crippen molar-refractivity contribution in [2.45, 2.75) is 13.3 Å². The summed E-state index contributed by atoms with van der Waals surface area (Å²) in [6.07, 6.45) is -0.0520. The summed E-state index contributed by atoms with van der Waals surface area (Å²) in [6, 6.07) is 12.1. The van der Waals surface area contributed by atoms with Gasteiger partial charge in [-0.1, -0.05) is 0 Å². The standard InChI is InChI=1S/C22H27N5O5/c1-14(12-20(28)23-15-6-8-16(9-7-15)27(2)3)25-26-22(30)21(29)24-18-11-10-17(31-4)13-19(18)32-5/h6-11,13H,12H2,1-5H3,(H,23,28)(H,24,29)(H,26,30). The molecule has 0 saturated heterocycles. The van der Waals surface area contributed by atoms with Crippen LogP contribution in [0.3, 0.4) is 0 Å². The third-order valence-corrected chi connectivity index (χ3v) is 4.30. The van der Waals surface area contributed by atoms with Crippen LogP contribution in [0.5, 0.6) is 11.5 Å². The molecule has 10 nitrogen and oxygen atoms in total. The zero-order valence-electron chi connectivity index (χ0n) is 18.7. The van der Waals surface area contributed by atoms with Gasteiger partial charge in [0.1, 0.15) is 11.5 Å². The largest absolute Gasteiger partial charge is 0.497 e. The van der Waals surface area contributed by atoms with Gasteiger partial charge in [0.15, 0.2) is 0 Å². The van der Waals surface area contributed by atoms with Crippen molar-refractivity contribution in [3.05, 3.63) is 42.5 Å². The van der Waals surface area contributed by atoms with Gasteiger partial charge in [0.05, 0.1) is 26.3 Å². The van der Waals surface area contributed by atoms with E-state index in [0.717, 1.165) is 5.69 Å². The zero-order valence-corrected chi connectivity index (χ0v) is 18.7. The van der Waals surface area contributed by atoms with E-state index < -0.39 is 11.8 Å². The van der Waals surface area contributed by atoms with Gasteiger partial charge in [-0.25, -0.2) is 5.43 Å². The molecule has 3 amide bonds. The van der Waals surface area contributed by atoms with Crippen LogP contribution in [0, 0.1) is 0 Å². The molecule has 0 unspecified atom stereocenters. The normalized spacial score (nSPS) is 10.7. The molecule has 0 spiro atoms. The van der Waals surface area contributed by atoms with Gasteiger partial charge in [-0.2, -0.15) is 5.10 Å². The van der Waals surface area contributed by atoms with Crippen LogP contribution < -0.4 is 30.4 Å². The number of anilines is 3. The van der Waals surface area contributed by atoms with Crippen LogP contribution in [0.2, 0.25) is 0 Å². The number of nitrogens with zero attached hydrogens (tertiary/aromatic N) is 2. The Labute approximate surface area is 186 Å². The first-order valence-electron chi connectivity index (χ1n) is 9.67. The minimum atomic E-state index is -0.984. The van der Waals surface area contributed by atoms with E-state index in [0.29, 0.717) is 28.6 Å². The fraction of sp³-hybridized carbons (Fsp3) is 0.273. The number of amides is 3. The molecule has 170 valence electrons. The van der Waals surface area contributed by atoms with Crippen molar-refractivity contribution in [2.24, 2.45) is 5.10 Å². The Balaban J connectivity index is 1.88. The second kappa shape index (κ2) is 11.3. The van der Waals surface area contributed by atoms with Crippen molar-refractivity contribution in [2.75, 3.05) is 43.8 Å². The third kappa shape index (κ3) is 7.01. The molecule has 32 heavy (non-hydrogen) atoms. The second-order valence-corrected chi connectivity index (χ2v) is 6.97. The van der Waals surface area contributed by atoms with E-state index >= 15 is 0 Å². The highest BCUT2D eigenvalue weighted by Crippen LogP contribution is 2.28. The van der Waals surface area contributed by atoms with E-state index in [4.69, 9.17) is 9.47 Å². The predicted molar refractivity (Wildman–Crippen MR) is 123 cm³/mol. The molecule has 3 N–H and O–H groups in total. The van der Waals surface area contributed by atoms with Crippen molar-refractivity contribution in [3.8, 4) is 11.5 Å². The number of hydrogen-bond acceptors (Lipinski definition) is 7. The van der Waals surface area contributed by atoms with Gasteiger partial charge in [0.25, 0.3) is 0 Å². The number of ether oxygens (including phenoxy) is 2. The molecule has 0 aliphatic carbocycles. The lowest BCUT2D eigenvalue weighted by atomic mass is 10.2. The van der Waals surface area contributed by atoms with Gasteiger partial charge in [-0.15, -0.1) is 0 Å². The summed E-state index contributed by atoms with van der Waals surface area (Å²) in [5, 5.41) is 9.00. The highest BCUT2D eigenvalue weighted by Gasteiger charge is 2.16. The average molecular weight is 441 g/mol. The summed E-state index contributed by atoms with van der Waals surface area (Å²) in [7, 11) is 6.78. The van der Waals surface area contributed by atoms with Crippen LogP contribution in [0.1, 0.15) is 13.3 Å². The van der Waals surface area contributed by atoms with Crippen LogP contribution >= 0.6 is 0 Å². The van der Waals surface area contributed by atoms with E-state index in [1.165, 1.54) is 14.2 Å². The molecule has 2 rings (SSSR count). The molecule has 0 aliphatic heterocycles. The van der Waals surface area contributed by atoms with Crippen molar-refractivity contribution in [1.29, 1.82) is 0 Å². The summed E-state index contributed by atoms with van der Waals surface area (Å²) in [5.41, 5.74) is 4.42. The Morgan fingerprint density at radius 2 is 1.62 bits per heavy atom. The van der Waals surface area contributed by atoms with Crippen molar-refractivity contribution < 1.29 is 23.9 Å². The average Bonchev–Trinajstić information content (AvgIpc) is 2.77. The van der Waals surface area contributed by atoms with Crippen LogP contribution in [-0.2, 0) is 14.4 Å². The lowest BCUT2D eigenvalue weighted by molar-refractivity contribution is -0.136. The maximum atomic E-state index is 12.2. The Kier molecular flexibility index (Phi) is 8.58. The maximum absolute atomic E-state index is 12.2. The fourth-order valence-electron chi connectivity index (χ4n) is 2.60. The van der Waals surface area contributed by atoms with E-state index in [9.17, 15) is 14.4 Å². The summed E-state index contributed by atoms with van der Waals surface area (Å²) in [5.74, 6) is -1.35. The van der Waals surface area contributed by atoms with E-state index in [1.807, 2.05) is 31.1 Å². The van der Waals surface area contributed by atoms with E-state index in [-0.39, 0.29) is 12.3 Å². The molecular formula is C22H27N5O5. The Morgan fingerprint density at radius 3 is 2.22 bits per heavy atom. The van der Waals surface area contributed by atoms with Crippen LogP contribution in [0.15, 0.2) is 47.6 Å². The molecule has 0 saturated carbocycles. The first-order valence-corrected chi connectivity index (χ1v) is 9.67. The maximum Gasteiger partial charge on any atom is 0.329 e. The molecule has 0 atom stereocenters. The molecule has 10 heteroatoms.